The molecule has 0 N–H and O–H groups in total. The first-order valence-corrected chi connectivity index (χ1v) is 9.08. The van der Waals surface area contributed by atoms with Gasteiger partial charge < -0.3 is 9.53 Å². The van der Waals surface area contributed by atoms with Gasteiger partial charge in [0.15, 0.2) is 0 Å². The second kappa shape index (κ2) is 5.98. The van der Waals surface area contributed by atoms with Crippen LogP contribution in [0, 0.1) is 35.0 Å². The van der Waals surface area contributed by atoms with Crippen LogP contribution in [0.4, 0.5) is 0 Å². The number of hydrogen-bond acceptors (Lipinski definition) is 3. The minimum atomic E-state index is -0.144. The summed E-state index contributed by atoms with van der Waals surface area (Å²) in [6, 6.07) is 0. The van der Waals surface area contributed by atoms with E-state index in [4.69, 9.17) is 4.74 Å². The van der Waals surface area contributed by atoms with E-state index in [-0.39, 0.29) is 18.0 Å². The molecule has 0 bridgehead atoms. The van der Waals surface area contributed by atoms with E-state index in [1.54, 1.807) is 0 Å². The number of esters is 1. The molecule has 0 aromatic carbocycles. The monoisotopic (exact) mass is 306 g/mol. The molecule has 3 rings (SSSR count). The summed E-state index contributed by atoms with van der Waals surface area (Å²) in [4.78, 5) is 22.8. The van der Waals surface area contributed by atoms with Gasteiger partial charge in [0.05, 0.1) is 0 Å². The third-order valence-corrected chi connectivity index (χ3v) is 7.27. The lowest BCUT2D eigenvalue weighted by Gasteiger charge is -2.58. The molecule has 0 spiro atoms. The summed E-state index contributed by atoms with van der Waals surface area (Å²) < 4.78 is 5.49. The highest BCUT2D eigenvalue weighted by Gasteiger charge is 2.54. The molecule has 0 heterocycles. The van der Waals surface area contributed by atoms with Crippen LogP contribution in [0.15, 0.2) is 0 Å². The fourth-order valence-electron chi connectivity index (χ4n) is 6.04. The van der Waals surface area contributed by atoms with Crippen LogP contribution in [0.5, 0.6) is 0 Å². The number of carbonyl (C=O) groups is 2. The van der Waals surface area contributed by atoms with Crippen LogP contribution < -0.4 is 0 Å². The van der Waals surface area contributed by atoms with Crippen molar-refractivity contribution in [3.63, 3.8) is 0 Å². The number of ether oxygens (including phenoxy) is 1. The van der Waals surface area contributed by atoms with Gasteiger partial charge in [0.2, 0.25) is 0 Å². The minimum Gasteiger partial charge on any atom is -0.463 e. The molecule has 3 aliphatic rings. The zero-order chi connectivity index (χ0) is 15.9. The van der Waals surface area contributed by atoms with Crippen molar-refractivity contribution >= 4 is 12.3 Å². The predicted molar refractivity (Wildman–Crippen MR) is 85.2 cm³/mol. The molecule has 0 aromatic rings. The maximum Gasteiger partial charge on any atom is 0.302 e. The molecular formula is C19H30O3. The largest absolute Gasteiger partial charge is 0.463 e. The summed E-state index contributed by atoms with van der Waals surface area (Å²) in [7, 11) is 0. The average Bonchev–Trinajstić information content (AvgIpc) is 2.47. The summed E-state index contributed by atoms with van der Waals surface area (Å²) in [6.45, 7) is 6.22. The molecule has 0 aliphatic heterocycles. The van der Waals surface area contributed by atoms with Crippen molar-refractivity contribution in [3.05, 3.63) is 0 Å². The van der Waals surface area contributed by atoms with Crippen molar-refractivity contribution in [2.24, 2.45) is 35.0 Å². The molecule has 3 heteroatoms. The summed E-state index contributed by atoms with van der Waals surface area (Å²) >= 11 is 0. The Morgan fingerprint density at radius 3 is 2.64 bits per heavy atom. The lowest BCUT2D eigenvalue weighted by atomic mass is 9.47. The molecule has 0 radical (unpaired) electrons. The van der Waals surface area contributed by atoms with Crippen molar-refractivity contribution in [1.29, 1.82) is 0 Å². The maximum atomic E-state index is 11.6. The van der Waals surface area contributed by atoms with Crippen LogP contribution in [0.2, 0.25) is 0 Å². The van der Waals surface area contributed by atoms with Gasteiger partial charge >= 0.3 is 5.97 Å². The Bertz CT molecular complexity index is 446. The highest BCUT2D eigenvalue weighted by atomic mass is 16.5. The standard InChI is InChI=1S/C19H30O3/c1-12-4-7-18-16(17(12)11-20)6-5-14-10-15(22-13(2)21)8-9-19(14,18)3/h11-12,14-18H,4-10H2,1-3H3/t12-,14+,15-,16-,17?,18-,19-/m0/s1. The molecule has 3 nitrogen and oxygen atoms in total. The molecule has 0 aromatic heterocycles. The normalized spacial score (nSPS) is 48.0. The fraction of sp³-hybridized carbons (Fsp3) is 0.895. The Morgan fingerprint density at radius 1 is 1.18 bits per heavy atom. The van der Waals surface area contributed by atoms with Gasteiger partial charge in [-0.1, -0.05) is 13.8 Å². The van der Waals surface area contributed by atoms with Crippen molar-refractivity contribution in [2.45, 2.75) is 71.8 Å². The lowest BCUT2D eigenvalue weighted by Crippen LogP contribution is -2.52. The zero-order valence-electron chi connectivity index (χ0n) is 14.2. The van der Waals surface area contributed by atoms with Gasteiger partial charge in [-0.3, -0.25) is 4.79 Å². The van der Waals surface area contributed by atoms with Gasteiger partial charge in [0.25, 0.3) is 0 Å². The molecule has 124 valence electrons. The fourth-order valence-corrected chi connectivity index (χ4v) is 6.04. The van der Waals surface area contributed by atoms with Crippen LogP contribution in [-0.2, 0) is 14.3 Å². The van der Waals surface area contributed by atoms with E-state index in [1.165, 1.54) is 38.9 Å². The smallest absolute Gasteiger partial charge is 0.302 e. The Kier molecular flexibility index (Phi) is 4.35. The minimum absolute atomic E-state index is 0.122. The van der Waals surface area contributed by atoms with E-state index in [2.05, 4.69) is 13.8 Å². The highest BCUT2D eigenvalue weighted by Crippen LogP contribution is 2.60. The first kappa shape index (κ1) is 16.0. The SMILES string of the molecule is CC(=O)O[C@H]1CC[C@@]2(C)[C@H](CC[C@H]3C(C=O)[C@@H](C)CC[C@@H]32)C1. The number of rotatable bonds is 2. The first-order valence-electron chi connectivity index (χ1n) is 9.08. The molecule has 3 saturated carbocycles. The van der Waals surface area contributed by atoms with Crippen LogP contribution in [0.25, 0.3) is 0 Å². The molecular weight excluding hydrogens is 276 g/mol. The highest BCUT2D eigenvalue weighted by molar-refractivity contribution is 5.66. The number of hydrogen-bond donors (Lipinski definition) is 0. The zero-order valence-corrected chi connectivity index (χ0v) is 14.2. The van der Waals surface area contributed by atoms with E-state index in [9.17, 15) is 9.59 Å². The van der Waals surface area contributed by atoms with E-state index in [1.807, 2.05) is 0 Å². The topological polar surface area (TPSA) is 43.4 Å². The maximum absolute atomic E-state index is 11.6. The van der Waals surface area contributed by atoms with E-state index in [0.717, 1.165) is 19.3 Å². The Hall–Kier alpha value is -0.860. The summed E-state index contributed by atoms with van der Waals surface area (Å²) in [6.07, 6.45) is 9.40. The van der Waals surface area contributed by atoms with E-state index in [0.29, 0.717) is 29.1 Å². The number of carbonyl (C=O) groups excluding carboxylic acids is 2. The number of fused-ring (bicyclic) bond motifs is 3. The second-order valence-electron chi connectivity index (χ2n) is 8.32. The van der Waals surface area contributed by atoms with Gasteiger partial charge in [0, 0.05) is 12.8 Å². The summed E-state index contributed by atoms with van der Waals surface area (Å²) in [5.41, 5.74) is 0.348. The number of aldehydes is 1. The van der Waals surface area contributed by atoms with Crippen molar-refractivity contribution in [3.8, 4) is 0 Å². The average molecular weight is 306 g/mol. The van der Waals surface area contributed by atoms with Crippen molar-refractivity contribution < 1.29 is 14.3 Å². The molecule has 0 amide bonds. The van der Waals surface area contributed by atoms with Gasteiger partial charge in [-0.05, 0) is 74.0 Å². The lowest BCUT2D eigenvalue weighted by molar-refractivity contribution is -0.158. The van der Waals surface area contributed by atoms with Gasteiger partial charge in [0.1, 0.15) is 12.4 Å². The van der Waals surface area contributed by atoms with Crippen LogP contribution >= 0.6 is 0 Å². The van der Waals surface area contributed by atoms with Crippen molar-refractivity contribution in [1.82, 2.24) is 0 Å². The third kappa shape index (κ3) is 2.61. The summed E-state index contributed by atoms with van der Waals surface area (Å²) in [5, 5.41) is 0. The Morgan fingerprint density at radius 2 is 1.95 bits per heavy atom. The molecule has 22 heavy (non-hydrogen) atoms. The Labute approximate surface area is 134 Å². The van der Waals surface area contributed by atoms with Crippen molar-refractivity contribution in [2.75, 3.05) is 0 Å². The van der Waals surface area contributed by atoms with Gasteiger partial charge in [-0.2, -0.15) is 0 Å². The molecule has 3 aliphatic carbocycles. The van der Waals surface area contributed by atoms with Crippen LogP contribution in [0.3, 0.4) is 0 Å². The van der Waals surface area contributed by atoms with Crippen LogP contribution in [0.1, 0.15) is 65.7 Å². The predicted octanol–water partition coefficient (Wildman–Crippen LogP) is 4.00. The van der Waals surface area contributed by atoms with Gasteiger partial charge in [-0.15, -0.1) is 0 Å². The Balaban J connectivity index is 1.76. The molecule has 3 fully saturated rings. The third-order valence-electron chi connectivity index (χ3n) is 7.27. The van der Waals surface area contributed by atoms with Gasteiger partial charge in [-0.25, -0.2) is 0 Å². The van der Waals surface area contributed by atoms with E-state index >= 15 is 0 Å². The van der Waals surface area contributed by atoms with Crippen LogP contribution in [-0.4, -0.2) is 18.4 Å². The molecule has 7 atom stereocenters. The summed E-state index contributed by atoms with van der Waals surface area (Å²) in [5.74, 6) is 2.62. The first-order chi connectivity index (χ1) is 10.5. The molecule has 1 unspecified atom stereocenters. The quantitative estimate of drug-likeness (QED) is 0.572. The van der Waals surface area contributed by atoms with E-state index < -0.39 is 0 Å². The molecule has 0 saturated heterocycles. The second-order valence-corrected chi connectivity index (χ2v) is 8.32.